The van der Waals surface area contributed by atoms with Crippen LogP contribution in [0, 0.1) is 6.92 Å². The topological polar surface area (TPSA) is 47.0 Å². The fraction of sp³-hybridized carbons (Fsp3) is 0.600. The molecule has 4 nitrogen and oxygen atoms in total. The van der Waals surface area contributed by atoms with Crippen molar-refractivity contribution >= 4 is 27.4 Å². The minimum atomic E-state index is -0.426. The van der Waals surface area contributed by atoms with Gasteiger partial charge in [0.2, 0.25) is 0 Å². The third-order valence-electron chi connectivity index (χ3n) is 3.47. The van der Waals surface area contributed by atoms with Crippen molar-refractivity contribution in [3.63, 3.8) is 0 Å². The van der Waals surface area contributed by atoms with Crippen LogP contribution in [0.15, 0.2) is 6.07 Å². The third-order valence-corrected chi connectivity index (χ3v) is 4.42. The molecule has 0 aromatic carbocycles. The first-order chi connectivity index (χ1) is 9.54. The minimum absolute atomic E-state index is 0.426. The van der Waals surface area contributed by atoms with E-state index in [-0.39, 0.29) is 0 Å². The maximum absolute atomic E-state index is 5.91. The van der Waals surface area contributed by atoms with Gasteiger partial charge in [0.25, 0.3) is 0 Å². The van der Waals surface area contributed by atoms with Crippen molar-refractivity contribution in [1.82, 2.24) is 9.97 Å². The molecular weight excluding hydrogens is 270 g/mol. The van der Waals surface area contributed by atoms with Crippen LogP contribution in [0.3, 0.4) is 0 Å². The van der Waals surface area contributed by atoms with Gasteiger partial charge in [-0.2, -0.15) is 0 Å². The molecule has 0 aliphatic rings. The molecule has 2 rings (SSSR count). The molecule has 0 saturated heterocycles. The number of nitrogens with zero attached hydrogens (tertiary/aromatic N) is 2. The Hall–Kier alpha value is -1.20. The molecule has 1 unspecified atom stereocenters. The van der Waals surface area contributed by atoms with Gasteiger partial charge in [0.15, 0.2) is 5.82 Å². The van der Waals surface area contributed by atoms with E-state index in [1.165, 1.54) is 4.88 Å². The van der Waals surface area contributed by atoms with Gasteiger partial charge in [0.05, 0.1) is 5.39 Å². The molecule has 0 saturated carbocycles. The summed E-state index contributed by atoms with van der Waals surface area (Å²) in [5.74, 6) is 1.68. The van der Waals surface area contributed by atoms with Gasteiger partial charge < -0.3 is 10.1 Å². The number of rotatable bonds is 6. The Morgan fingerprint density at radius 3 is 2.65 bits per heavy atom. The Bertz CT molecular complexity index is 596. The zero-order valence-corrected chi connectivity index (χ0v) is 13.7. The summed E-state index contributed by atoms with van der Waals surface area (Å²) >= 11 is 1.70. The molecule has 110 valence electrons. The Balaban J connectivity index is 2.59. The van der Waals surface area contributed by atoms with Gasteiger partial charge in [-0.1, -0.05) is 6.92 Å². The van der Waals surface area contributed by atoms with Crippen LogP contribution >= 0.6 is 11.3 Å². The number of ether oxygens (including phenoxy) is 1. The highest BCUT2D eigenvalue weighted by molar-refractivity contribution is 7.18. The maximum atomic E-state index is 5.91. The number of nitrogens with one attached hydrogen (secondary N) is 1. The van der Waals surface area contributed by atoms with Crippen LogP contribution in [0.2, 0.25) is 0 Å². The molecule has 0 radical (unpaired) electrons. The summed E-state index contributed by atoms with van der Waals surface area (Å²) in [4.78, 5) is 11.7. The van der Waals surface area contributed by atoms with E-state index in [1.54, 1.807) is 11.3 Å². The number of aromatic nitrogens is 2. The molecule has 0 bridgehead atoms. The van der Waals surface area contributed by atoms with Gasteiger partial charge >= 0.3 is 0 Å². The van der Waals surface area contributed by atoms with Crippen molar-refractivity contribution < 1.29 is 4.74 Å². The minimum Gasteiger partial charge on any atom is -0.370 e. The zero-order valence-electron chi connectivity index (χ0n) is 12.9. The van der Waals surface area contributed by atoms with Crippen molar-refractivity contribution in [3.8, 4) is 0 Å². The lowest BCUT2D eigenvalue weighted by Crippen LogP contribution is -2.28. The second kappa shape index (κ2) is 6.06. The van der Waals surface area contributed by atoms with Crippen molar-refractivity contribution in [1.29, 1.82) is 0 Å². The summed E-state index contributed by atoms with van der Waals surface area (Å²) in [7, 11) is 0. The first kappa shape index (κ1) is 15.2. The smallest absolute Gasteiger partial charge is 0.163 e. The largest absolute Gasteiger partial charge is 0.370 e. The molecule has 2 aromatic heterocycles. The number of fused-ring (bicyclic) bond motifs is 1. The number of hydrogen-bond donors (Lipinski definition) is 1. The summed E-state index contributed by atoms with van der Waals surface area (Å²) in [6.07, 6.45) is 0.849. The Morgan fingerprint density at radius 2 is 2.05 bits per heavy atom. The number of anilines is 1. The maximum Gasteiger partial charge on any atom is 0.163 e. The Morgan fingerprint density at radius 1 is 1.30 bits per heavy atom. The van der Waals surface area contributed by atoms with Crippen LogP contribution in [-0.4, -0.2) is 23.1 Å². The number of hydrogen-bond acceptors (Lipinski definition) is 5. The summed E-state index contributed by atoms with van der Waals surface area (Å²) < 4.78 is 5.91. The van der Waals surface area contributed by atoms with E-state index in [4.69, 9.17) is 14.7 Å². The summed E-state index contributed by atoms with van der Waals surface area (Å²) in [6.45, 7) is 11.9. The number of aryl methyl sites for hydroxylation is 1. The monoisotopic (exact) mass is 293 g/mol. The van der Waals surface area contributed by atoms with Crippen LogP contribution in [0.25, 0.3) is 10.2 Å². The average molecular weight is 293 g/mol. The van der Waals surface area contributed by atoms with Crippen LogP contribution in [0.1, 0.15) is 44.8 Å². The quantitative estimate of drug-likeness (QED) is 0.871. The predicted octanol–water partition coefficient (Wildman–Crippen LogP) is 4.09. The van der Waals surface area contributed by atoms with Gasteiger partial charge in [-0.15, -0.1) is 11.3 Å². The van der Waals surface area contributed by atoms with Crippen molar-refractivity contribution in [3.05, 3.63) is 16.8 Å². The SMILES string of the molecule is CCNc1nc(C(C)(CC)OCC)nc2sc(C)cc12. The second-order valence-electron chi connectivity index (χ2n) is 5.02. The number of thiophene rings is 1. The second-order valence-corrected chi connectivity index (χ2v) is 6.25. The molecular formula is C15H23N3OS. The van der Waals surface area contributed by atoms with Crippen LogP contribution in [-0.2, 0) is 10.3 Å². The Kier molecular flexibility index (Phi) is 4.60. The van der Waals surface area contributed by atoms with Gasteiger partial charge in [0, 0.05) is 18.0 Å². The normalized spacial score (nSPS) is 14.4. The lowest BCUT2D eigenvalue weighted by molar-refractivity contribution is -0.0386. The summed E-state index contributed by atoms with van der Waals surface area (Å²) in [5, 5.41) is 4.45. The van der Waals surface area contributed by atoms with Crippen LogP contribution < -0.4 is 5.32 Å². The third kappa shape index (κ3) is 2.79. The summed E-state index contributed by atoms with van der Waals surface area (Å²) in [6, 6.07) is 2.14. The molecule has 1 atom stereocenters. The first-order valence-electron chi connectivity index (χ1n) is 7.20. The highest BCUT2D eigenvalue weighted by Crippen LogP contribution is 2.33. The molecule has 2 heterocycles. The summed E-state index contributed by atoms with van der Waals surface area (Å²) in [5.41, 5.74) is -0.426. The van der Waals surface area contributed by atoms with E-state index >= 15 is 0 Å². The first-order valence-corrected chi connectivity index (χ1v) is 8.02. The Labute approximate surface area is 124 Å². The zero-order chi connectivity index (χ0) is 14.8. The van der Waals surface area contributed by atoms with E-state index in [0.29, 0.717) is 6.61 Å². The van der Waals surface area contributed by atoms with Gasteiger partial charge in [-0.3, -0.25) is 0 Å². The van der Waals surface area contributed by atoms with Crippen LogP contribution in [0.4, 0.5) is 5.82 Å². The molecule has 0 amide bonds. The van der Waals surface area contributed by atoms with Gasteiger partial charge in [-0.05, 0) is 40.2 Å². The van der Waals surface area contributed by atoms with Gasteiger partial charge in [0.1, 0.15) is 16.2 Å². The molecule has 0 aliphatic carbocycles. The van der Waals surface area contributed by atoms with E-state index in [2.05, 4.69) is 39.1 Å². The fourth-order valence-corrected chi connectivity index (χ4v) is 3.10. The average Bonchev–Trinajstić information content (AvgIpc) is 2.79. The molecule has 0 fully saturated rings. The van der Waals surface area contributed by atoms with Crippen molar-refractivity contribution in [2.45, 2.75) is 46.6 Å². The van der Waals surface area contributed by atoms with E-state index < -0.39 is 5.60 Å². The lowest BCUT2D eigenvalue weighted by Gasteiger charge is -2.26. The van der Waals surface area contributed by atoms with Crippen molar-refractivity contribution in [2.24, 2.45) is 0 Å². The molecule has 2 aromatic rings. The van der Waals surface area contributed by atoms with Crippen LogP contribution in [0.5, 0.6) is 0 Å². The van der Waals surface area contributed by atoms with Gasteiger partial charge in [-0.25, -0.2) is 9.97 Å². The molecule has 20 heavy (non-hydrogen) atoms. The molecule has 5 heteroatoms. The molecule has 0 aliphatic heterocycles. The fourth-order valence-electron chi connectivity index (χ4n) is 2.22. The van der Waals surface area contributed by atoms with Crippen molar-refractivity contribution in [2.75, 3.05) is 18.5 Å². The van der Waals surface area contributed by atoms with E-state index in [0.717, 1.165) is 34.8 Å². The van der Waals surface area contributed by atoms with E-state index in [9.17, 15) is 0 Å². The highest BCUT2D eigenvalue weighted by Gasteiger charge is 2.29. The molecule has 0 spiro atoms. The lowest BCUT2D eigenvalue weighted by atomic mass is 10.0. The highest BCUT2D eigenvalue weighted by atomic mass is 32.1. The van der Waals surface area contributed by atoms with E-state index in [1.807, 2.05) is 6.92 Å². The predicted molar refractivity (Wildman–Crippen MR) is 85.6 cm³/mol. The molecule has 1 N–H and O–H groups in total. The standard InChI is InChI=1S/C15H23N3OS/c1-6-15(5,19-8-3)14-17-12(16-7-2)11-9-10(4)20-13(11)18-14/h9H,6-8H2,1-5H3,(H,16,17,18).